The van der Waals surface area contributed by atoms with Gasteiger partial charge in [0.05, 0.1) is 12.8 Å². The van der Waals surface area contributed by atoms with Gasteiger partial charge in [0.15, 0.2) is 11.9 Å². The third-order valence-corrected chi connectivity index (χ3v) is 3.28. The monoisotopic (exact) mass is 286 g/mol. The highest BCUT2D eigenvalue weighted by Gasteiger charge is 2.11. The van der Waals surface area contributed by atoms with Gasteiger partial charge in [-0.15, -0.1) is 0 Å². The summed E-state index contributed by atoms with van der Waals surface area (Å²) in [7, 11) is 1.54. The minimum Gasteiger partial charge on any atom is -0.300 e. The minimum atomic E-state index is 0.524. The largest absolute Gasteiger partial charge is 0.300 e. The van der Waals surface area contributed by atoms with E-state index in [1.54, 1.807) is 23.3 Å². The van der Waals surface area contributed by atoms with Crippen LogP contribution in [0.1, 0.15) is 10.5 Å². The van der Waals surface area contributed by atoms with Gasteiger partial charge in [-0.1, -0.05) is 0 Å². The number of aldehydes is 1. The highest BCUT2D eigenvalue weighted by atomic mass is 79.9. The van der Waals surface area contributed by atoms with Crippen molar-refractivity contribution in [3.8, 4) is 0 Å². The normalized spacial score (nSPS) is 10.8. The predicted octanol–water partition coefficient (Wildman–Crippen LogP) is 2.67. The zero-order chi connectivity index (χ0) is 10.8. The molecule has 0 saturated heterocycles. The Morgan fingerprint density at radius 2 is 2.47 bits per heavy atom. The Labute approximate surface area is 99.1 Å². The zero-order valence-corrected chi connectivity index (χ0v) is 10.2. The molecule has 2 rings (SSSR count). The fourth-order valence-electron chi connectivity index (χ4n) is 1.30. The highest BCUT2D eigenvalue weighted by Crippen LogP contribution is 2.28. The van der Waals surface area contributed by atoms with E-state index in [-0.39, 0.29) is 0 Å². The first kappa shape index (κ1) is 10.7. The molecule has 0 amide bonds. The molecule has 0 saturated carbocycles. The number of fused-ring (bicyclic) bond motifs is 1. The lowest BCUT2D eigenvalue weighted by molar-refractivity contribution is 0.111. The van der Waals surface area contributed by atoms with E-state index in [1.165, 1.54) is 0 Å². The number of pyridine rings is 1. The number of aromatic nitrogens is 2. The molecule has 15 heavy (non-hydrogen) atoms. The molecule has 0 radical (unpaired) electrons. The SMILES string of the molecule is COSn1c(C=O)cc2c(Br)ccnc21. The van der Waals surface area contributed by atoms with Crippen LogP contribution in [-0.2, 0) is 4.18 Å². The summed E-state index contributed by atoms with van der Waals surface area (Å²) in [6.07, 6.45) is 2.45. The number of carbonyl (C=O) groups is 1. The van der Waals surface area contributed by atoms with Crippen molar-refractivity contribution < 1.29 is 8.98 Å². The van der Waals surface area contributed by atoms with E-state index in [9.17, 15) is 4.79 Å². The van der Waals surface area contributed by atoms with Gasteiger partial charge in [-0.3, -0.25) is 8.98 Å². The fraction of sp³-hybridized carbons (Fsp3) is 0.111. The number of nitrogens with zero attached hydrogens (tertiary/aromatic N) is 2. The van der Waals surface area contributed by atoms with Crippen LogP contribution in [0.3, 0.4) is 0 Å². The molecule has 2 aromatic heterocycles. The van der Waals surface area contributed by atoms with E-state index >= 15 is 0 Å². The van der Waals surface area contributed by atoms with Crippen molar-refractivity contribution in [2.24, 2.45) is 0 Å². The second kappa shape index (κ2) is 4.34. The summed E-state index contributed by atoms with van der Waals surface area (Å²) in [6.45, 7) is 0. The highest BCUT2D eigenvalue weighted by molar-refractivity contribution is 9.10. The molecule has 0 N–H and O–H groups in total. The van der Waals surface area contributed by atoms with E-state index in [0.717, 1.165) is 28.4 Å². The Morgan fingerprint density at radius 3 is 3.13 bits per heavy atom. The number of hydrogen-bond donors (Lipinski definition) is 0. The summed E-state index contributed by atoms with van der Waals surface area (Å²) in [5.74, 6) is 0. The van der Waals surface area contributed by atoms with E-state index < -0.39 is 0 Å². The molecule has 0 aliphatic heterocycles. The van der Waals surface area contributed by atoms with Gasteiger partial charge in [-0.25, -0.2) is 8.96 Å². The molecule has 78 valence electrons. The summed E-state index contributed by atoms with van der Waals surface area (Å²) in [5, 5.41) is 0.893. The van der Waals surface area contributed by atoms with E-state index in [2.05, 4.69) is 20.9 Å². The molecule has 2 aromatic rings. The molecule has 0 unspecified atom stereocenters. The van der Waals surface area contributed by atoms with Crippen molar-refractivity contribution in [3.05, 3.63) is 28.5 Å². The van der Waals surface area contributed by atoms with Gasteiger partial charge in [-0.05, 0) is 28.1 Å². The van der Waals surface area contributed by atoms with Crippen LogP contribution >= 0.6 is 28.2 Å². The molecule has 0 fully saturated rings. The summed E-state index contributed by atoms with van der Waals surface area (Å²) >= 11 is 4.48. The molecular weight excluding hydrogens is 280 g/mol. The first-order valence-corrected chi connectivity index (χ1v) is 5.59. The first-order valence-electron chi connectivity index (χ1n) is 4.10. The maximum Gasteiger partial charge on any atom is 0.167 e. The average Bonchev–Trinajstić information content (AvgIpc) is 2.59. The van der Waals surface area contributed by atoms with Crippen molar-refractivity contribution >= 4 is 45.5 Å². The minimum absolute atomic E-state index is 0.524. The lowest BCUT2D eigenvalue weighted by atomic mass is 10.3. The number of hydrogen-bond acceptors (Lipinski definition) is 4. The number of rotatable bonds is 3. The maximum absolute atomic E-state index is 10.9. The van der Waals surface area contributed by atoms with Crippen molar-refractivity contribution in [3.63, 3.8) is 0 Å². The lowest BCUT2D eigenvalue weighted by Gasteiger charge is -2.01. The van der Waals surface area contributed by atoms with Crippen molar-refractivity contribution in [2.75, 3.05) is 7.11 Å². The van der Waals surface area contributed by atoms with Crippen molar-refractivity contribution in [1.82, 2.24) is 8.96 Å². The van der Waals surface area contributed by atoms with Gasteiger partial charge < -0.3 is 0 Å². The van der Waals surface area contributed by atoms with Gasteiger partial charge in [0.2, 0.25) is 0 Å². The van der Waals surface area contributed by atoms with Crippen LogP contribution in [0.25, 0.3) is 11.0 Å². The molecule has 0 bridgehead atoms. The molecule has 0 aliphatic carbocycles. The molecule has 6 heteroatoms. The molecule has 2 heterocycles. The van der Waals surface area contributed by atoms with Gasteiger partial charge in [0.25, 0.3) is 0 Å². The standard InChI is InChI=1S/C9H7BrN2O2S/c1-14-15-12-6(5-13)4-7-8(10)2-3-11-9(7)12/h2-5H,1H3. The molecule has 4 nitrogen and oxygen atoms in total. The molecule has 0 atom stereocenters. The summed E-state index contributed by atoms with van der Waals surface area (Å²) in [6, 6.07) is 3.60. The van der Waals surface area contributed by atoms with E-state index in [4.69, 9.17) is 4.18 Å². The molecular formula is C9H7BrN2O2S. The zero-order valence-electron chi connectivity index (χ0n) is 7.81. The summed E-state index contributed by atoms with van der Waals surface area (Å²) in [5.41, 5.74) is 1.23. The number of halogens is 1. The Kier molecular flexibility index (Phi) is 3.08. The van der Waals surface area contributed by atoms with Crippen molar-refractivity contribution in [1.29, 1.82) is 0 Å². The summed E-state index contributed by atoms with van der Waals surface area (Å²) in [4.78, 5) is 15.1. The van der Waals surface area contributed by atoms with E-state index in [1.807, 2.05) is 6.07 Å². The van der Waals surface area contributed by atoms with Gasteiger partial charge in [0.1, 0.15) is 12.2 Å². The molecule has 0 spiro atoms. The van der Waals surface area contributed by atoms with Gasteiger partial charge in [-0.2, -0.15) is 0 Å². The van der Waals surface area contributed by atoms with Gasteiger partial charge >= 0.3 is 0 Å². The number of carbonyl (C=O) groups excluding carboxylic acids is 1. The topological polar surface area (TPSA) is 44.1 Å². The third kappa shape index (κ3) is 1.80. The Bertz CT molecular complexity index is 512. The smallest absolute Gasteiger partial charge is 0.167 e. The summed E-state index contributed by atoms with van der Waals surface area (Å²) < 4.78 is 7.50. The first-order chi connectivity index (χ1) is 7.27. The third-order valence-electron chi connectivity index (χ3n) is 1.90. The Balaban J connectivity index is 2.74. The Morgan fingerprint density at radius 1 is 1.67 bits per heavy atom. The molecule has 0 aliphatic rings. The van der Waals surface area contributed by atoms with Crippen LogP contribution in [0.2, 0.25) is 0 Å². The predicted molar refractivity (Wildman–Crippen MR) is 62.8 cm³/mol. The quantitative estimate of drug-likeness (QED) is 0.643. The van der Waals surface area contributed by atoms with Crippen LogP contribution in [0, 0.1) is 0 Å². The van der Waals surface area contributed by atoms with Crippen LogP contribution in [0.4, 0.5) is 0 Å². The lowest BCUT2D eigenvalue weighted by Crippen LogP contribution is -1.94. The average molecular weight is 287 g/mol. The second-order valence-corrected chi connectivity index (χ2v) is 4.45. The Hall–Kier alpha value is -0.850. The van der Waals surface area contributed by atoms with Crippen LogP contribution in [0.15, 0.2) is 22.8 Å². The van der Waals surface area contributed by atoms with Gasteiger partial charge in [0, 0.05) is 16.1 Å². The molecule has 0 aromatic carbocycles. The second-order valence-electron chi connectivity index (χ2n) is 2.75. The van der Waals surface area contributed by atoms with E-state index in [0.29, 0.717) is 11.3 Å². The van der Waals surface area contributed by atoms with Crippen LogP contribution in [-0.4, -0.2) is 22.4 Å². The van der Waals surface area contributed by atoms with Crippen LogP contribution in [0.5, 0.6) is 0 Å². The maximum atomic E-state index is 10.9. The van der Waals surface area contributed by atoms with Crippen molar-refractivity contribution in [2.45, 2.75) is 0 Å². The fourth-order valence-corrected chi connectivity index (χ4v) is 2.26. The van der Waals surface area contributed by atoms with Crippen LogP contribution < -0.4 is 0 Å².